The zero-order valence-electron chi connectivity index (χ0n) is 12.7. The van der Waals surface area contributed by atoms with E-state index in [0.717, 1.165) is 12.0 Å². The molecule has 1 atom stereocenters. The van der Waals surface area contributed by atoms with Gasteiger partial charge in [-0.3, -0.25) is 4.57 Å². The third-order valence-corrected chi connectivity index (χ3v) is 4.33. The highest BCUT2D eigenvalue weighted by atomic mass is 32.2. The summed E-state index contributed by atoms with van der Waals surface area (Å²) in [5.41, 5.74) is 9.67. The molecule has 0 fully saturated rings. The van der Waals surface area contributed by atoms with E-state index in [2.05, 4.69) is 42.2 Å². The molecular weight excluding hydrogens is 284 g/mol. The maximum atomic E-state index is 11.6. The Hall–Kier alpha value is -1.53. The van der Waals surface area contributed by atoms with Crippen LogP contribution in [0, 0.1) is 13.8 Å². The molecule has 0 saturated carbocycles. The molecule has 1 heterocycles. The molecule has 2 rings (SSSR count). The smallest absolute Gasteiger partial charge is 0.323 e. The van der Waals surface area contributed by atoms with Crippen LogP contribution in [0.3, 0.4) is 0 Å². The molecular formula is C15H22N4OS. The monoisotopic (exact) mass is 306 g/mol. The lowest BCUT2D eigenvalue weighted by Crippen LogP contribution is -2.18. The first-order valence-electron chi connectivity index (χ1n) is 7.13. The summed E-state index contributed by atoms with van der Waals surface area (Å²) in [6, 6.07) is 6.29. The number of nitrogens with two attached hydrogens (primary N) is 1. The highest BCUT2D eigenvalue weighted by Gasteiger charge is 2.12. The fraction of sp³-hybridized carbons (Fsp3) is 0.467. The van der Waals surface area contributed by atoms with Crippen LogP contribution in [0.1, 0.15) is 36.1 Å². The summed E-state index contributed by atoms with van der Waals surface area (Å²) < 4.78 is 1.67. The average Bonchev–Trinajstić information content (AvgIpc) is 2.77. The zero-order chi connectivity index (χ0) is 15.4. The minimum absolute atomic E-state index is 0.0736. The van der Waals surface area contributed by atoms with Crippen molar-refractivity contribution in [3.8, 4) is 0 Å². The van der Waals surface area contributed by atoms with Gasteiger partial charge in [0.05, 0.1) is 0 Å². The number of benzene rings is 1. The molecule has 0 saturated heterocycles. The van der Waals surface area contributed by atoms with Crippen LogP contribution in [0.15, 0.2) is 28.2 Å². The van der Waals surface area contributed by atoms with Crippen LogP contribution < -0.4 is 11.4 Å². The summed E-state index contributed by atoms with van der Waals surface area (Å²) in [6.45, 7) is 6.86. The number of nitrogens with zero attached hydrogens (tertiary/aromatic N) is 2. The van der Waals surface area contributed by atoms with E-state index < -0.39 is 0 Å². The number of hydrogen-bond acceptors (Lipinski definition) is 4. The Balaban J connectivity index is 2.07. The van der Waals surface area contributed by atoms with Crippen LogP contribution in [0.2, 0.25) is 0 Å². The normalized spacial score (nSPS) is 12.6. The minimum atomic E-state index is -0.153. The number of nitrogens with one attached hydrogen (secondary N) is 1. The molecule has 0 aliphatic rings. The van der Waals surface area contributed by atoms with Gasteiger partial charge in [0.2, 0.25) is 0 Å². The molecule has 21 heavy (non-hydrogen) atoms. The van der Waals surface area contributed by atoms with Crippen molar-refractivity contribution >= 4 is 11.8 Å². The summed E-state index contributed by atoms with van der Waals surface area (Å²) in [5.74, 6) is 0.691. The molecule has 0 spiro atoms. The second-order valence-corrected chi connectivity index (χ2v) is 6.29. The van der Waals surface area contributed by atoms with Gasteiger partial charge in [0.1, 0.15) is 0 Å². The molecule has 3 N–H and O–H groups in total. The van der Waals surface area contributed by atoms with Crippen molar-refractivity contribution in [2.75, 3.05) is 5.75 Å². The summed E-state index contributed by atoms with van der Waals surface area (Å²) in [7, 11) is 0. The van der Waals surface area contributed by atoms with E-state index in [4.69, 9.17) is 5.73 Å². The van der Waals surface area contributed by atoms with Gasteiger partial charge in [-0.1, -0.05) is 48.0 Å². The van der Waals surface area contributed by atoms with Crippen molar-refractivity contribution in [2.45, 2.75) is 44.9 Å². The molecule has 0 aliphatic heterocycles. The Labute approximate surface area is 128 Å². The number of aromatic amines is 1. The standard InChI is InChI=1S/C15H22N4OS/c1-4-5-19-14(20)17-18-15(19)21-9-13(16)12-7-10(2)6-11(3)8-12/h6-8,13H,4-5,9,16H2,1-3H3,(H,17,20). The Bertz CT molecular complexity index is 642. The van der Waals surface area contributed by atoms with Crippen molar-refractivity contribution in [1.29, 1.82) is 0 Å². The van der Waals surface area contributed by atoms with Gasteiger partial charge in [-0.25, -0.2) is 9.89 Å². The lowest BCUT2D eigenvalue weighted by molar-refractivity contribution is 0.603. The molecule has 1 aromatic heterocycles. The van der Waals surface area contributed by atoms with Crippen molar-refractivity contribution in [1.82, 2.24) is 14.8 Å². The van der Waals surface area contributed by atoms with Gasteiger partial charge in [-0.05, 0) is 25.8 Å². The number of thioether (sulfide) groups is 1. The SMILES string of the molecule is CCCn1c(SCC(N)c2cc(C)cc(C)c2)n[nH]c1=O. The van der Waals surface area contributed by atoms with Gasteiger partial charge in [-0.2, -0.15) is 0 Å². The highest BCUT2D eigenvalue weighted by Crippen LogP contribution is 2.22. The van der Waals surface area contributed by atoms with Crippen LogP contribution in [-0.2, 0) is 6.54 Å². The first-order valence-corrected chi connectivity index (χ1v) is 8.11. The van der Waals surface area contributed by atoms with E-state index in [1.165, 1.54) is 22.9 Å². The van der Waals surface area contributed by atoms with E-state index in [0.29, 0.717) is 17.5 Å². The van der Waals surface area contributed by atoms with E-state index in [1.807, 2.05) is 6.92 Å². The maximum Gasteiger partial charge on any atom is 0.343 e. The van der Waals surface area contributed by atoms with E-state index in [9.17, 15) is 4.79 Å². The number of hydrogen-bond donors (Lipinski definition) is 2. The Morgan fingerprint density at radius 2 is 2.00 bits per heavy atom. The first kappa shape index (κ1) is 15.9. The van der Waals surface area contributed by atoms with E-state index in [1.54, 1.807) is 4.57 Å². The minimum Gasteiger partial charge on any atom is -0.323 e. The predicted molar refractivity (Wildman–Crippen MR) is 86.7 cm³/mol. The molecule has 0 radical (unpaired) electrons. The van der Waals surface area contributed by atoms with Gasteiger partial charge >= 0.3 is 5.69 Å². The number of aryl methyl sites for hydroxylation is 2. The fourth-order valence-electron chi connectivity index (χ4n) is 2.32. The quantitative estimate of drug-likeness (QED) is 0.803. The Morgan fingerprint density at radius 1 is 1.33 bits per heavy atom. The number of H-pyrrole nitrogens is 1. The van der Waals surface area contributed by atoms with Gasteiger partial charge in [0.25, 0.3) is 0 Å². The lowest BCUT2D eigenvalue weighted by atomic mass is 10.0. The zero-order valence-corrected chi connectivity index (χ0v) is 13.5. The molecule has 0 amide bonds. The third-order valence-electron chi connectivity index (χ3n) is 3.23. The first-order chi connectivity index (χ1) is 10.0. The van der Waals surface area contributed by atoms with E-state index >= 15 is 0 Å². The molecule has 114 valence electrons. The second-order valence-electron chi connectivity index (χ2n) is 5.30. The fourth-order valence-corrected chi connectivity index (χ4v) is 3.28. The molecule has 2 aromatic rings. The summed E-state index contributed by atoms with van der Waals surface area (Å²) in [4.78, 5) is 11.6. The summed E-state index contributed by atoms with van der Waals surface area (Å²) in [6.07, 6.45) is 0.899. The highest BCUT2D eigenvalue weighted by molar-refractivity contribution is 7.99. The summed E-state index contributed by atoms with van der Waals surface area (Å²) >= 11 is 1.52. The van der Waals surface area contributed by atoms with Gasteiger partial charge in [-0.15, -0.1) is 5.10 Å². The van der Waals surface area contributed by atoms with Crippen molar-refractivity contribution in [3.05, 3.63) is 45.4 Å². The van der Waals surface area contributed by atoms with Gasteiger partial charge < -0.3 is 5.73 Å². The van der Waals surface area contributed by atoms with Crippen LogP contribution in [0.5, 0.6) is 0 Å². The van der Waals surface area contributed by atoms with Crippen molar-refractivity contribution < 1.29 is 0 Å². The van der Waals surface area contributed by atoms with Crippen LogP contribution >= 0.6 is 11.8 Å². The topological polar surface area (TPSA) is 76.7 Å². The molecule has 5 nitrogen and oxygen atoms in total. The second kappa shape index (κ2) is 6.95. The van der Waals surface area contributed by atoms with Crippen molar-refractivity contribution in [2.24, 2.45) is 5.73 Å². The Kier molecular flexibility index (Phi) is 5.25. The predicted octanol–water partition coefficient (Wildman–Crippen LogP) is 2.39. The number of rotatable bonds is 6. The summed E-state index contributed by atoms with van der Waals surface area (Å²) in [5, 5.41) is 7.28. The molecule has 1 aromatic carbocycles. The molecule has 0 bridgehead atoms. The molecule has 1 unspecified atom stereocenters. The Morgan fingerprint density at radius 3 is 2.62 bits per heavy atom. The van der Waals surface area contributed by atoms with Gasteiger partial charge in [0, 0.05) is 18.3 Å². The van der Waals surface area contributed by atoms with Crippen LogP contribution in [0.4, 0.5) is 0 Å². The van der Waals surface area contributed by atoms with Crippen molar-refractivity contribution in [3.63, 3.8) is 0 Å². The average molecular weight is 306 g/mol. The third kappa shape index (κ3) is 3.98. The molecule has 6 heteroatoms. The lowest BCUT2D eigenvalue weighted by Gasteiger charge is -2.13. The van der Waals surface area contributed by atoms with Crippen LogP contribution in [-0.4, -0.2) is 20.5 Å². The molecule has 0 aliphatic carbocycles. The largest absolute Gasteiger partial charge is 0.343 e. The maximum absolute atomic E-state index is 11.6. The van der Waals surface area contributed by atoms with E-state index in [-0.39, 0.29) is 11.7 Å². The number of aromatic nitrogens is 3. The van der Waals surface area contributed by atoms with Gasteiger partial charge in [0.15, 0.2) is 5.16 Å². The van der Waals surface area contributed by atoms with Crippen LogP contribution in [0.25, 0.3) is 0 Å².